The number of benzene rings is 1. The van der Waals surface area contributed by atoms with E-state index < -0.39 is 0 Å². The summed E-state index contributed by atoms with van der Waals surface area (Å²) in [6.07, 6.45) is 0.285. The summed E-state index contributed by atoms with van der Waals surface area (Å²) in [5.41, 5.74) is 0.944. The van der Waals surface area contributed by atoms with Crippen molar-refractivity contribution >= 4 is 45.1 Å². The second kappa shape index (κ2) is 4.94. The predicted molar refractivity (Wildman–Crippen MR) is 76.3 cm³/mol. The molecule has 2 amide bonds. The molecule has 3 rings (SSSR count). The maximum atomic E-state index is 12.0. The highest BCUT2D eigenvalue weighted by atomic mass is 32.2. The molecule has 0 saturated carbocycles. The van der Waals surface area contributed by atoms with Crippen molar-refractivity contribution in [3.05, 3.63) is 24.3 Å². The minimum Gasteiger partial charge on any atom is -0.282 e. The topological polar surface area (TPSA) is 50.3 Å². The molecule has 1 fully saturated rings. The van der Waals surface area contributed by atoms with E-state index >= 15 is 0 Å². The van der Waals surface area contributed by atoms with E-state index in [-0.39, 0.29) is 23.5 Å². The average Bonchev–Trinajstić information content (AvgIpc) is 2.91. The summed E-state index contributed by atoms with van der Waals surface area (Å²) in [5.74, 6) is -0.164. The number of nitrogens with zero attached hydrogens (tertiary/aromatic N) is 2. The second-order valence-corrected chi connectivity index (χ2v) is 6.71. The lowest BCUT2D eigenvalue weighted by Gasteiger charge is -2.10. The molecule has 0 bridgehead atoms. The third-order valence-corrected chi connectivity index (χ3v) is 5.35. The number of para-hydroxylation sites is 1. The van der Waals surface area contributed by atoms with Crippen molar-refractivity contribution in [3.8, 4) is 0 Å². The van der Waals surface area contributed by atoms with E-state index in [1.165, 1.54) is 16.7 Å². The Morgan fingerprint density at radius 3 is 2.89 bits per heavy atom. The molecular formula is C13H12N2O2S2. The minimum atomic E-state index is -0.312. The summed E-state index contributed by atoms with van der Waals surface area (Å²) in [5, 5.41) is -0.312. The average molecular weight is 292 g/mol. The van der Waals surface area contributed by atoms with E-state index in [2.05, 4.69) is 4.98 Å². The molecule has 1 unspecified atom stereocenters. The standard InChI is InChI=1S/C13H12N2O2S2/c1-2-15-11(16)7-10(12(15)17)19-13-14-8-5-3-4-6-9(8)18-13/h3-6,10H,2,7H2,1H3. The Balaban J connectivity index is 1.82. The van der Waals surface area contributed by atoms with Gasteiger partial charge in [0.05, 0.1) is 15.5 Å². The van der Waals surface area contributed by atoms with E-state index in [9.17, 15) is 9.59 Å². The highest BCUT2D eigenvalue weighted by Crippen LogP contribution is 2.35. The van der Waals surface area contributed by atoms with Gasteiger partial charge >= 0.3 is 0 Å². The summed E-state index contributed by atoms with van der Waals surface area (Å²) < 4.78 is 1.96. The van der Waals surface area contributed by atoms with E-state index in [0.29, 0.717) is 6.54 Å². The number of carbonyl (C=O) groups is 2. The number of hydrogen-bond donors (Lipinski definition) is 0. The lowest BCUT2D eigenvalue weighted by atomic mass is 10.3. The largest absolute Gasteiger partial charge is 0.282 e. The lowest BCUT2D eigenvalue weighted by Crippen LogP contribution is -2.30. The predicted octanol–water partition coefficient (Wildman–Crippen LogP) is 2.54. The number of rotatable bonds is 3. The van der Waals surface area contributed by atoms with Crippen LogP contribution in [0.4, 0.5) is 0 Å². The van der Waals surface area contributed by atoms with Gasteiger partial charge in [0, 0.05) is 13.0 Å². The number of aromatic nitrogens is 1. The van der Waals surface area contributed by atoms with Crippen molar-refractivity contribution in [1.82, 2.24) is 9.88 Å². The van der Waals surface area contributed by atoms with Gasteiger partial charge in [-0.2, -0.15) is 0 Å². The zero-order chi connectivity index (χ0) is 13.4. The normalized spacial score (nSPS) is 19.6. The third kappa shape index (κ3) is 2.26. The van der Waals surface area contributed by atoms with Crippen molar-refractivity contribution in [3.63, 3.8) is 0 Å². The van der Waals surface area contributed by atoms with Gasteiger partial charge in [0.2, 0.25) is 11.8 Å². The molecular weight excluding hydrogens is 280 g/mol. The highest BCUT2D eigenvalue weighted by molar-refractivity contribution is 8.02. The highest BCUT2D eigenvalue weighted by Gasteiger charge is 2.38. The maximum Gasteiger partial charge on any atom is 0.243 e. The number of hydrogen-bond acceptors (Lipinski definition) is 5. The van der Waals surface area contributed by atoms with Crippen molar-refractivity contribution in [2.45, 2.75) is 22.9 Å². The Hall–Kier alpha value is -1.40. The molecule has 2 aromatic rings. The van der Waals surface area contributed by atoms with Crippen LogP contribution in [0.15, 0.2) is 28.6 Å². The fraction of sp³-hybridized carbons (Fsp3) is 0.308. The van der Waals surface area contributed by atoms with Crippen LogP contribution in [0.25, 0.3) is 10.2 Å². The van der Waals surface area contributed by atoms with Gasteiger partial charge in [0.25, 0.3) is 0 Å². The summed E-state index contributed by atoms with van der Waals surface area (Å²) >= 11 is 2.97. The molecule has 1 aliphatic heterocycles. The van der Waals surface area contributed by atoms with E-state index in [0.717, 1.165) is 14.6 Å². The Morgan fingerprint density at radius 1 is 1.42 bits per heavy atom. The van der Waals surface area contributed by atoms with Crippen LogP contribution in [0.3, 0.4) is 0 Å². The SMILES string of the molecule is CCN1C(=O)CC(Sc2nc3ccccc3s2)C1=O. The summed E-state index contributed by atoms with van der Waals surface area (Å²) in [6.45, 7) is 2.27. The van der Waals surface area contributed by atoms with Crippen molar-refractivity contribution < 1.29 is 9.59 Å². The number of likely N-dealkylation sites (tertiary alicyclic amines) is 1. The molecule has 98 valence electrons. The number of fused-ring (bicyclic) bond motifs is 1. The molecule has 0 spiro atoms. The molecule has 2 heterocycles. The first kappa shape index (κ1) is 12.6. The van der Waals surface area contributed by atoms with E-state index in [4.69, 9.17) is 0 Å². The van der Waals surface area contributed by atoms with Crippen LogP contribution in [-0.4, -0.2) is 33.5 Å². The lowest BCUT2D eigenvalue weighted by molar-refractivity contribution is -0.137. The smallest absolute Gasteiger partial charge is 0.243 e. The molecule has 0 aliphatic carbocycles. The maximum absolute atomic E-state index is 12.0. The molecule has 1 atom stereocenters. The van der Waals surface area contributed by atoms with Crippen LogP contribution in [0.1, 0.15) is 13.3 Å². The molecule has 1 aromatic carbocycles. The van der Waals surface area contributed by atoms with Crippen molar-refractivity contribution in [1.29, 1.82) is 0 Å². The van der Waals surface area contributed by atoms with Crippen LogP contribution in [0.2, 0.25) is 0 Å². The van der Waals surface area contributed by atoms with E-state index in [1.807, 2.05) is 31.2 Å². The van der Waals surface area contributed by atoms with Crippen molar-refractivity contribution in [2.24, 2.45) is 0 Å². The number of carbonyl (C=O) groups excluding carboxylic acids is 2. The molecule has 4 nitrogen and oxygen atoms in total. The fourth-order valence-electron chi connectivity index (χ4n) is 2.10. The first-order valence-corrected chi connectivity index (χ1v) is 7.75. The van der Waals surface area contributed by atoms with Crippen LogP contribution >= 0.6 is 23.1 Å². The van der Waals surface area contributed by atoms with Gasteiger partial charge in [0.15, 0.2) is 4.34 Å². The zero-order valence-electron chi connectivity index (χ0n) is 10.3. The number of thioether (sulfide) groups is 1. The first-order valence-electron chi connectivity index (χ1n) is 6.05. The first-order chi connectivity index (χ1) is 9.19. The monoisotopic (exact) mass is 292 g/mol. The molecule has 0 radical (unpaired) electrons. The quantitative estimate of drug-likeness (QED) is 0.816. The fourth-order valence-corrected chi connectivity index (χ4v) is 4.46. The molecule has 0 N–H and O–H groups in total. The van der Waals surface area contributed by atoms with Gasteiger partial charge in [-0.25, -0.2) is 4.98 Å². The Morgan fingerprint density at radius 2 is 2.21 bits per heavy atom. The summed E-state index contributed by atoms with van der Waals surface area (Å²) in [6, 6.07) is 7.88. The van der Waals surface area contributed by atoms with Crippen LogP contribution < -0.4 is 0 Å². The van der Waals surface area contributed by atoms with Gasteiger partial charge in [-0.3, -0.25) is 14.5 Å². The molecule has 1 saturated heterocycles. The number of imide groups is 1. The minimum absolute atomic E-state index is 0.0777. The van der Waals surface area contributed by atoms with Gasteiger partial charge < -0.3 is 0 Å². The second-order valence-electron chi connectivity index (χ2n) is 4.23. The molecule has 19 heavy (non-hydrogen) atoms. The van der Waals surface area contributed by atoms with Crippen LogP contribution in [0, 0.1) is 0 Å². The zero-order valence-corrected chi connectivity index (χ0v) is 12.0. The molecule has 1 aromatic heterocycles. The van der Waals surface area contributed by atoms with Crippen molar-refractivity contribution in [2.75, 3.05) is 6.54 Å². The van der Waals surface area contributed by atoms with Gasteiger partial charge in [0.1, 0.15) is 0 Å². The number of amides is 2. The van der Waals surface area contributed by atoms with Crippen LogP contribution in [0.5, 0.6) is 0 Å². The Labute approximate surface area is 118 Å². The Kier molecular flexibility index (Phi) is 3.28. The third-order valence-electron chi connectivity index (χ3n) is 3.04. The van der Waals surface area contributed by atoms with Gasteiger partial charge in [-0.15, -0.1) is 11.3 Å². The Bertz CT molecular complexity index is 620. The van der Waals surface area contributed by atoms with E-state index in [1.54, 1.807) is 11.3 Å². The molecule has 1 aliphatic rings. The number of thiazole rings is 1. The summed E-state index contributed by atoms with van der Waals surface area (Å²) in [4.78, 5) is 29.5. The van der Waals surface area contributed by atoms with Gasteiger partial charge in [-0.1, -0.05) is 23.9 Å². The summed E-state index contributed by atoms with van der Waals surface area (Å²) in [7, 11) is 0. The molecule has 6 heteroatoms. The van der Waals surface area contributed by atoms with Gasteiger partial charge in [-0.05, 0) is 19.1 Å². The van der Waals surface area contributed by atoms with Crippen LogP contribution in [-0.2, 0) is 9.59 Å².